The van der Waals surface area contributed by atoms with Crippen molar-refractivity contribution >= 4 is 38.1 Å². The summed E-state index contributed by atoms with van der Waals surface area (Å²) in [5, 5.41) is 11.1. The maximum Gasteiger partial charge on any atom is 0.291 e. The Bertz CT molecular complexity index is 1420. The molecule has 2 aromatic heterocycles. The van der Waals surface area contributed by atoms with Crippen molar-refractivity contribution in [1.29, 1.82) is 0 Å². The second-order valence-corrected chi connectivity index (χ2v) is 13.3. The van der Waals surface area contributed by atoms with Crippen LogP contribution in [0, 0.1) is 0 Å². The second-order valence-electron chi connectivity index (χ2n) is 10.7. The van der Waals surface area contributed by atoms with Gasteiger partial charge in [-0.15, -0.1) is 10.2 Å². The van der Waals surface area contributed by atoms with Gasteiger partial charge in [0.15, 0.2) is 5.01 Å². The van der Waals surface area contributed by atoms with Crippen LogP contribution >= 0.6 is 11.3 Å². The summed E-state index contributed by atoms with van der Waals surface area (Å²) < 4.78 is 58.3. The smallest absolute Gasteiger partial charge is 0.291 e. The zero-order chi connectivity index (χ0) is 25.4. The third kappa shape index (κ3) is 4.39. The molecular weight excluding hydrogens is 508 g/mol. The number of nitrogens with one attached hydrogen (secondary N) is 2. The van der Waals surface area contributed by atoms with E-state index in [0.717, 1.165) is 48.5 Å². The molecule has 0 spiro atoms. The van der Waals surface area contributed by atoms with Gasteiger partial charge in [-0.2, -0.15) is 0 Å². The Morgan fingerprint density at radius 1 is 1.17 bits per heavy atom. The average molecular weight is 538 g/mol. The van der Waals surface area contributed by atoms with Crippen molar-refractivity contribution in [3.8, 4) is 5.13 Å². The summed E-state index contributed by atoms with van der Waals surface area (Å²) in [6.45, 7) is 7.46. The Hall–Kier alpha value is -2.22. The highest BCUT2D eigenvalue weighted by Crippen LogP contribution is 2.45. The van der Waals surface area contributed by atoms with Crippen molar-refractivity contribution in [2.24, 2.45) is 0 Å². The van der Waals surface area contributed by atoms with E-state index in [0.29, 0.717) is 24.1 Å². The average Bonchev–Trinajstić information content (AvgIpc) is 3.67. The molecule has 3 aliphatic rings. The van der Waals surface area contributed by atoms with E-state index in [1.807, 2.05) is 6.92 Å². The zero-order valence-corrected chi connectivity index (χ0v) is 22.0. The molecule has 36 heavy (non-hydrogen) atoms. The molecule has 2 atom stereocenters. The molecule has 0 unspecified atom stereocenters. The molecular formula is C23H29F2N7O2S2. The number of alkyl halides is 2. The Morgan fingerprint density at radius 2 is 1.86 bits per heavy atom. The van der Waals surface area contributed by atoms with Crippen LogP contribution in [0.25, 0.3) is 16.2 Å². The molecule has 6 rings (SSSR count). The molecule has 1 aliphatic heterocycles. The first-order valence-electron chi connectivity index (χ1n) is 12.3. The molecule has 9 nitrogen and oxygen atoms in total. The van der Waals surface area contributed by atoms with Crippen LogP contribution in [0.5, 0.6) is 0 Å². The predicted molar refractivity (Wildman–Crippen MR) is 134 cm³/mol. The molecule has 1 aromatic carbocycles. The fourth-order valence-electron chi connectivity index (χ4n) is 4.97. The van der Waals surface area contributed by atoms with Crippen LogP contribution in [0.3, 0.4) is 0 Å². The summed E-state index contributed by atoms with van der Waals surface area (Å²) in [6, 6.07) is 3.72. The normalized spacial score (nSPS) is 24.1. The van der Waals surface area contributed by atoms with E-state index >= 15 is 0 Å². The van der Waals surface area contributed by atoms with E-state index in [4.69, 9.17) is 4.98 Å². The summed E-state index contributed by atoms with van der Waals surface area (Å²) >= 11 is 0.811. The topological polar surface area (TPSA) is 105 Å². The van der Waals surface area contributed by atoms with Crippen molar-refractivity contribution in [3.05, 3.63) is 23.0 Å². The van der Waals surface area contributed by atoms with E-state index in [-0.39, 0.29) is 33.0 Å². The van der Waals surface area contributed by atoms with Gasteiger partial charge >= 0.3 is 0 Å². The first-order chi connectivity index (χ1) is 17.0. The standard InChI is InChI=1S/C23H29F2N7O2S2/c1-12-10-31(11-13(2)26-12)16-8-15(36(33,34)30-23(3)6-7-23)9-17-18(16)27-20(14-4-5-14)32(17)22-29-28-21(35-22)19(24)25/h8-9,12-14,19,26,30H,4-7,10-11H2,1-3H3/t12-,13-/m0/s1. The molecule has 0 bridgehead atoms. The summed E-state index contributed by atoms with van der Waals surface area (Å²) in [5.74, 6) is 0.893. The highest BCUT2D eigenvalue weighted by atomic mass is 32.2. The van der Waals surface area contributed by atoms with Crippen LogP contribution in [0.15, 0.2) is 17.0 Å². The SMILES string of the molecule is C[C@H]1CN(c2cc(S(=O)(=O)NC3(C)CC3)cc3c2nc(C2CC2)n3-c2nnc(C(F)F)s2)C[C@H](C)N1. The minimum atomic E-state index is -3.82. The van der Waals surface area contributed by atoms with E-state index in [9.17, 15) is 17.2 Å². The maximum absolute atomic E-state index is 13.5. The minimum Gasteiger partial charge on any atom is -0.367 e. The summed E-state index contributed by atoms with van der Waals surface area (Å²) in [6.07, 6.45) is 0.727. The fourth-order valence-corrected chi connectivity index (χ4v) is 7.19. The van der Waals surface area contributed by atoms with Crippen molar-refractivity contribution in [1.82, 2.24) is 29.8 Å². The lowest BCUT2D eigenvalue weighted by molar-refractivity contribution is 0.150. The molecule has 3 heterocycles. The number of nitrogens with zero attached hydrogens (tertiary/aromatic N) is 5. The minimum absolute atomic E-state index is 0.138. The van der Waals surface area contributed by atoms with Crippen LogP contribution in [0.4, 0.5) is 14.5 Å². The monoisotopic (exact) mass is 537 g/mol. The second kappa shape index (κ2) is 8.40. The predicted octanol–water partition coefficient (Wildman–Crippen LogP) is 3.71. The first kappa shape index (κ1) is 24.1. The molecule has 2 N–H and O–H groups in total. The van der Waals surface area contributed by atoms with Gasteiger partial charge in [-0.3, -0.25) is 4.57 Å². The van der Waals surface area contributed by atoms with Crippen molar-refractivity contribution in [3.63, 3.8) is 0 Å². The highest BCUT2D eigenvalue weighted by Gasteiger charge is 2.42. The van der Waals surface area contributed by atoms with Gasteiger partial charge in [0, 0.05) is 36.6 Å². The van der Waals surface area contributed by atoms with Crippen LogP contribution in [-0.2, 0) is 10.0 Å². The summed E-state index contributed by atoms with van der Waals surface area (Å²) in [5.41, 5.74) is 1.50. The van der Waals surface area contributed by atoms with Gasteiger partial charge < -0.3 is 10.2 Å². The van der Waals surface area contributed by atoms with Crippen LogP contribution in [0.2, 0.25) is 0 Å². The quantitative estimate of drug-likeness (QED) is 0.473. The molecule has 3 aromatic rings. The number of aromatic nitrogens is 4. The highest BCUT2D eigenvalue weighted by molar-refractivity contribution is 7.89. The molecule has 194 valence electrons. The lowest BCUT2D eigenvalue weighted by Crippen LogP contribution is -2.54. The number of rotatable bonds is 7. The van der Waals surface area contributed by atoms with E-state index in [1.54, 1.807) is 16.7 Å². The van der Waals surface area contributed by atoms with Gasteiger partial charge in [-0.05, 0) is 58.6 Å². The maximum atomic E-state index is 13.5. The van der Waals surface area contributed by atoms with E-state index in [2.05, 4.69) is 39.0 Å². The molecule has 3 fully saturated rings. The van der Waals surface area contributed by atoms with Crippen LogP contribution < -0.4 is 14.9 Å². The molecule has 0 radical (unpaired) electrons. The van der Waals surface area contributed by atoms with E-state index < -0.39 is 22.0 Å². The number of anilines is 1. The molecule has 2 saturated carbocycles. The van der Waals surface area contributed by atoms with Crippen molar-refractivity contribution in [2.75, 3.05) is 18.0 Å². The van der Waals surface area contributed by atoms with Crippen LogP contribution in [0.1, 0.15) is 69.6 Å². The molecule has 13 heteroatoms. The third-order valence-electron chi connectivity index (χ3n) is 7.08. The van der Waals surface area contributed by atoms with Gasteiger partial charge in [-0.25, -0.2) is 26.9 Å². The number of fused-ring (bicyclic) bond motifs is 1. The zero-order valence-electron chi connectivity index (χ0n) is 20.3. The fraction of sp³-hybridized carbons (Fsp3) is 0.609. The van der Waals surface area contributed by atoms with Gasteiger partial charge in [0.1, 0.15) is 11.3 Å². The number of halogens is 2. The van der Waals surface area contributed by atoms with E-state index in [1.165, 1.54) is 0 Å². The third-order valence-corrected chi connectivity index (χ3v) is 9.61. The lowest BCUT2D eigenvalue weighted by atomic mass is 10.1. The van der Waals surface area contributed by atoms with Gasteiger partial charge in [-0.1, -0.05) is 11.3 Å². The Balaban J connectivity index is 1.58. The van der Waals surface area contributed by atoms with Crippen molar-refractivity contribution in [2.45, 2.75) is 81.3 Å². The number of sulfonamides is 1. The summed E-state index contributed by atoms with van der Waals surface area (Å²) in [4.78, 5) is 7.29. The number of hydrogen-bond acceptors (Lipinski definition) is 8. The molecule has 0 amide bonds. The lowest BCUT2D eigenvalue weighted by Gasteiger charge is -2.38. The van der Waals surface area contributed by atoms with Gasteiger partial charge in [0.25, 0.3) is 6.43 Å². The van der Waals surface area contributed by atoms with Gasteiger partial charge in [0.2, 0.25) is 15.2 Å². The van der Waals surface area contributed by atoms with Gasteiger partial charge in [0.05, 0.1) is 16.1 Å². The number of hydrogen-bond donors (Lipinski definition) is 2. The first-order valence-corrected chi connectivity index (χ1v) is 14.6. The molecule has 1 saturated heterocycles. The molecule has 2 aliphatic carbocycles. The number of imidazole rings is 1. The Morgan fingerprint density at radius 3 is 2.44 bits per heavy atom. The number of benzene rings is 1. The summed E-state index contributed by atoms with van der Waals surface area (Å²) in [7, 11) is -3.82. The Kier molecular flexibility index (Phi) is 5.63. The Labute approximate surface area is 212 Å². The van der Waals surface area contributed by atoms with Crippen molar-refractivity contribution < 1.29 is 17.2 Å². The number of piperazine rings is 1. The van der Waals surface area contributed by atoms with Crippen LogP contribution in [-0.4, -0.2) is 58.9 Å². The largest absolute Gasteiger partial charge is 0.367 e.